The van der Waals surface area contributed by atoms with Crippen LogP contribution in [0.4, 0.5) is 17.5 Å². The lowest BCUT2D eigenvalue weighted by molar-refractivity contribution is 0.0815. The first kappa shape index (κ1) is 24.1. The topological polar surface area (TPSA) is 114 Å². The lowest BCUT2D eigenvalue weighted by Gasteiger charge is -2.41. The van der Waals surface area contributed by atoms with E-state index in [1.165, 1.54) is 19.2 Å². The number of oxazole rings is 1. The third-order valence-corrected chi connectivity index (χ3v) is 8.27. The molecule has 1 aliphatic heterocycles. The normalized spacial score (nSPS) is 21.1. The van der Waals surface area contributed by atoms with Crippen LogP contribution < -0.4 is 11.1 Å². The van der Waals surface area contributed by atoms with E-state index in [0.717, 1.165) is 72.5 Å². The molecule has 0 amide bonds. The Labute approximate surface area is 226 Å². The van der Waals surface area contributed by atoms with Gasteiger partial charge in [0.1, 0.15) is 23.4 Å². The maximum atomic E-state index is 6.41. The number of benzene rings is 2. The van der Waals surface area contributed by atoms with Crippen molar-refractivity contribution in [3.8, 4) is 11.3 Å². The molecule has 5 aromatic rings. The van der Waals surface area contributed by atoms with Gasteiger partial charge in [-0.05, 0) is 57.0 Å². The number of hydrogen-bond acceptors (Lipinski definition) is 9. The molecule has 1 aliphatic carbocycles. The van der Waals surface area contributed by atoms with E-state index in [9.17, 15) is 0 Å². The quantitative estimate of drug-likeness (QED) is 0.338. The second-order valence-electron chi connectivity index (χ2n) is 10.7. The largest absolute Gasteiger partial charge is 0.423 e. The molecule has 0 radical (unpaired) electrons. The van der Waals surface area contributed by atoms with Crippen molar-refractivity contribution in [3.05, 3.63) is 54.9 Å². The van der Waals surface area contributed by atoms with Gasteiger partial charge < -0.3 is 20.4 Å². The lowest BCUT2D eigenvalue weighted by Crippen LogP contribution is -2.49. The SMILES string of the molecule is CN1CCN([C@H]2CC[C@@H](n3nc(-c4ccc5nc(Nc6ccccc6)oc5c4)c4c(N)ncnc43)CC2)CC1. The summed E-state index contributed by atoms with van der Waals surface area (Å²) in [7, 11) is 2.21. The van der Waals surface area contributed by atoms with Crippen molar-refractivity contribution in [2.45, 2.75) is 37.8 Å². The summed E-state index contributed by atoms with van der Waals surface area (Å²) in [5.74, 6) is 0.441. The molecule has 2 fully saturated rings. The average Bonchev–Trinajstić information content (AvgIpc) is 3.56. The van der Waals surface area contributed by atoms with E-state index < -0.39 is 0 Å². The Balaban J connectivity index is 1.17. The maximum absolute atomic E-state index is 6.41. The summed E-state index contributed by atoms with van der Waals surface area (Å²) < 4.78 is 8.14. The minimum absolute atomic E-state index is 0.287. The number of likely N-dealkylation sites (N-methyl/N-ethyl adjacent to an activating group) is 1. The molecule has 39 heavy (non-hydrogen) atoms. The van der Waals surface area contributed by atoms with Gasteiger partial charge in [0.25, 0.3) is 6.01 Å². The van der Waals surface area contributed by atoms with Crippen molar-refractivity contribution in [3.63, 3.8) is 0 Å². The maximum Gasteiger partial charge on any atom is 0.300 e. The summed E-state index contributed by atoms with van der Waals surface area (Å²) in [5, 5.41) is 9.13. The zero-order valence-corrected chi connectivity index (χ0v) is 22.1. The molecule has 10 heteroatoms. The molecule has 0 spiro atoms. The van der Waals surface area contributed by atoms with E-state index in [4.69, 9.17) is 15.2 Å². The molecule has 2 aromatic carbocycles. The molecule has 3 N–H and O–H groups in total. The molecule has 4 heterocycles. The fraction of sp³-hybridized carbons (Fsp3) is 0.379. The highest BCUT2D eigenvalue weighted by Crippen LogP contribution is 2.38. The number of para-hydroxylation sites is 1. The predicted molar refractivity (Wildman–Crippen MR) is 153 cm³/mol. The van der Waals surface area contributed by atoms with Crippen LogP contribution in [0.1, 0.15) is 31.7 Å². The Morgan fingerprint density at radius 1 is 0.923 bits per heavy atom. The van der Waals surface area contributed by atoms with Crippen molar-refractivity contribution in [1.82, 2.24) is 34.5 Å². The fourth-order valence-corrected chi connectivity index (χ4v) is 6.08. The van der Waals surface area contributed by atoms with Gasteiger partial charge in [0.2, 0.25) is 0 Å². The molecule has 0 bridgehead atoms. The summed E-state index contributed by atoms with van der Waals surface area (Å²) in [5.41, 5.74) is 11.3. The first-order valence-corrected chi connectivity index (χ1v) is 13.8. The molecule has 0 unspecified atom stereocenters. The number of fused-ring (bicyclic) bond motifs is 2. The van der Waals surface area contributed by atoms with Gasteiger partial charge in [0.05, 0.1) is 11.4 Å². The minimum atomic E-state index is 0.287. The van der Waals surface area contributed by atoms with Gasteiger partial charge in [-0.3, -0.25) is 4.90 Å². The lowest BCUT2D eigenvalue weighted by atomic mass is 9.90. The molecule has 1 saturated carbocycles. The molecule has 0 atom stereocenters. The van der Waals surface area contributed by atoms with E-state index in [0.29, 0.717) is 23.5 Å². The van der Waals surface area contributed by atoms with Crippen LogP contribution in [-0.2, 0) is 0 Å². The van der Waals surface area contributed by atoms with Crippen LogP contribution in [0.5, 0.6) is 0 Å². The highest BCUT2D eigenvalue weighted by molar-refractivity contribution is 5.99. The Kier molecular flexibility index (Phi) is 6.13. The molecule has 10 nitrogen and oxygen atoms in total. The zero-order valence-electron chi connectivity index (χ0n) is 22.1. The van der Waals surface area contributed by atoms with Gasteiger partial charge in [-0.1, -0.05) is 24.3 Å². The highest BCUT2D eigenvalue weighted by atomic mass is 16.4. The number of nitrogen functional groups attached to an aromatic ring is 1. The van der Waals surface area contributed by atoms with Crippen LogP contribution in [0.15, 0.2) is 59.3 Å². The number of rotatable bonds is 5. The second-order valence-corrected chi connectivity index (χ2v) is 10.7. The molecular formula is C29H33N9O. The summed E-state index contributed by atoms with van der Waals surface area (Å²) in [6.07, 6.45) is 6.04. The Morgan fingerprint density at radius 2 is 1.69 bits per heavy atom. The molecule has 2 aliphatic rings. The van der Waals surface area contributed by atoms with Gasteiger partial charge in [0, 0.05) is 43.5 Å². The van der Waals surface area contributed by atoms with E-state index >= 15 is 0 Å². The van der Waals surface area contributed by atoms with E-state index in [2.05, 4.69) is 41.8 Å². The van der Waals surface area contributed by atoms with Crippen LogP contribution in [0.25, 0.3) is 33.4 Å². The fourth-order valence-electron chi connectivity index (χ4n) is 6.08. The van der Waals surface area contributed by atoms with E-state index in [-0.39, 0.29) is 6.04 Å². The first-order valence-electron chi connectivity index (χ1n) is 13.8. The standard InChI is InChI=1S/C29H33N9O/c1-36-13-15-37(16-14-36)21-8-10-22(11-9-21)38-28-25(27(30)31-18-32-28)26(35-38)19-7-12-23-24(17-19)39-29(34-23)33-20-5-3-2-4-6-20/h2-7,12,17-18,21-22H,8-11,13-16H2,1H3,(H,33,34)(H2,30,31,32)/t21-,22+. The molecular weight excluding hydrogens is 490 g/mol. The zero-order chi connectivity index (χ0) is 26.3. The minimum Gasteiger partial charge on any atom is -0.423 e. The van der Waals surface area contributed by atoms with Gasteiger partial charge >= 0.3 is 0 Å². The van der Waals surface area contributed by atoms with Gasteiger partial charge in [-0.15, -0.1) is 0 Å². The van der Waals surface area contributed by atoms with Crippen molar-refractivity contribution in [1.29, 1.82) is 0 Å². The van der Waals surface area contributed by atoms with Crippen molar-refractivity contribution in [2.24, 2.45) is 0 Å². The monoisotopic (exact) mass is 523 g/mol. The van der Waals surface area contributed by atoms with E-state index in [1.807, 2.05) is 48.5 Å². The molecule has 7 rings (SSSR count). The number of piperazine rings is 1. The van der Waals surface area contributed by atoms with Crippen molar-refractivity contribution in [2.75, 3.05) is 44.3 Å². The molecule has 200 valence electrons. The van der Waals surface area contributed by atoms with Crippen molar-refractivity contribution < 1.29 is 4.42 Å². The summed E-state index contributed by atoms with van der Waals surface area (Å²) in [4.78, 5) is 18.6. The third-order valence-electron chi connectivity index (χ3n) is 8.27. The average molecular weight is 524 g/mol. The summed E-state index contributed by atoms with van der Waals surface area (Å²) >= 11 is 0. The predicted octanol–water partition coefficient (Wildman–Crippen LogP) is 4.69. The Bertz CT molecular complexity index is 1600. The van der Waals surface area contributed by atoms with Gasteiger partial charge in [-0.2, -0.15) is 10.1 Å². The first-order chi connectivity index (χ1) is 19.1. The van der Waals surface area contributed by atoms with Crippen LogP contribution >= 0.6 is 0 Å². The van der Waals surface area contributed by atoms with Gasteiger partial charge in [0.15, 0.2) is 11.2 Å². The summed E-state index contributed by atoms with van der Waals surface area (Å²) in [6, 6.07) is 17.2. The smallest absolute Gasteiger partial charge is 0.300 e. The van der Waals surface area contributed by atoms with Crippen molar-refractivity contribution >= 4 is 39.7 Å². The second kappa shape index (κ2) is 9.94. The van der Waals surface area contributed by atoms with Crippen LogP contribution in [-0.4, -0.2) is 73.8 Å². The summed E-state index contributed by atoms with van der Waals surface area (Å²) in [6.45, 7) is 4.64. The number of nitrogens with zero attached hydrogens (tertiary/aromatic N) is 7. The third kappa shape index (κ3) is 4.59. The number of aromatic nitrogens is 5. The molecule has 3 aromatic heterocycles. The number of anilines is 3. The van der Waals surface area contributed by atoms with Crippen LogP contribution in [0.3, 0.4) is 0 Å². The highest BCUT2D eigenvalue weighted by Gasteiger charge is 2.30. The van der Waals surface area contributed by atoms with E-state index in [1.54, 1.807) is 0 Å². The number of nitrogens with two attached hydrogens (primary N) is 1. The number of nitrogens with one attached hydrogen (secondary N) is 1. The Hall–Kier alpha value is -4.02. The van der Waals surface area contributed by atoms with Crippen LogP contribution in [0, 0.1) is 0 Å². The Morgan fingerprint density at radius 3 is 2.49 bits per heavy atom. The van der Waals surface area contributed by atoms with Gasteiger partial charge in [-0.25, -0.2) is 14.6 Å². The van der Waals surface area contributed by atoms with Crippen LogP contribution in [0.2, 0.25) is 0 Å². The molecule has 1 saturated heterocycles. The number of hydrogen-bond donors (Lipinski definition) is 2.